The van der Waals surface area contributed by atoms with Crippen LogP contribution in [0.15, 0.2) is 65.5 Å². The second kappa shape index (κ2) is 7.02. The van der Waals surface area contributed by atoms with Crippen LogP contribution < -0.4 is 0 Å². The fourth-order valence-electron chi connectivity index (χ4n) is 2.66. The van der Waals surface area contributed by atoms with Crippen molar-refractivity contribution in [3.63, 3.8) is 0 Å². The minimum atomic E-state index is -3.37. The molecule has 0 aromatic carbocycles. The van der Waals surface area contributed by atoms with Crippen LogP contribution in [0.5, 0.6) is 0 Å². The van der Waals surface area contributed by atoms with E-state index in [0.717, 1.165) is 4.52 Å². The molecule has 0 bridgehead atoms. The lowest BCUT2D eigenvalue weighted by Crippen LogP contribution is -2.21. The second-order valence-electron chi connectivity index (χ2n) is 5.81. The van der Waals surface area contributed by atoms with Crippen LogP contribution in [0.2, 0.25) is 0 Å². The number of rotatable bonds is 3. The lowest BCUT2D eigenvalue weighted by atomic mass is 10.1. The maximum absolute atomic E-state index is 15.3. The third kappa shape index (κ3) is 3.31. The predicted octanol–water partition coefficient (Wildman–Crippen LogP) is 3.12. The lowest BCUT2D eigenvalue weighted by molar-refractivity contribution is 0.0295. The number of halogens is 2. The van der Waals surface area contributed by atoms with Gasteiger partial charge in [-0.1, -0.05) is 24.3 Å². The number of H-pyrrole nitrogens is 1. The molecule has 1 aliphatic heterocycles. The first-order valence-corrected chi connectivity index (χ1v) is 8.28. The Morgan fingerprint density at radius 2 is 2.07 bits per heavy atom. The van der Waals surface area contributed by atoms with Gasteiger partial charge in [-0.05, 0) is 24.6 Å². The number of aliphatic imine (C=N–C) groups is 1. The molecule has 0 aliphatic carbocycles. The number of hydrogen-bond donors (Lipinski definition) is 1. The van der Waals surface area contributed by atoms with Crippen LogP contribution in [0.1, 0.15) is 12.2 Å². The van der Waals surface area contributed by atoms with Gasteiger partial charge in [0.2, 0.25) is 5.82 Å². The molecular weight excluding hydrogens is 352 g/mol. The van der Waals surface area contributed by atoms with Gasteiger partial charge in [0, 0.05) is 23.5 Å². The summed E-state index contributed by atoms with van der Waals surface area (Å²) in [6.07, 6.45) is 13.1. The molecule has 0 fully saturated rings. The quantitative estimate of drug-likeness (QED) is 0.771. The summed E-state index contributed by atoms with van der Waals surface area (Å²) in [6.45, 7) is 0.321. The van der Waals surface area contributed by atoms with Crippen molar-refractivity contribution in [2.75, 3.05) is 6.54 Å². The molecule has 0 saturated heterocycles. The van der Waals surface area contributed by atoms with Crippen molar-refractivity contribution in [2.24, 2.45) is 4.99 Å². The van der Waals surface area contributed by atoms with E-state index in [1.54, 1.807) is 49.0 Å². The molecular formula is C18H15F2N7. The monoisotopic (exact) mass is 367 g/mol. The van der Waals surface area contributed by atoms with Gasteiger partial charge in [0.05, 0.1) is 18.4 Å². The van der Waals surface area contributed by atoms with E-state index in [-0.39, 0.29) is 11.2 Å². The Balaban J connectivity index is 1.78. The van der Waals surface area contributed by atoms with Crippen molar-refractivity contribution in [2.45, 2.75) is 12.3 Å². The van der Waals surface area contributed by atoms with Gasteiger partial charge in [0.15, 0.2) is 5.65 Å². The summed E-state index contributed by atoms with van der Waals surface area (Å²) in [7, 11) is 0. The van der Waals surface area contributed by atoms with Crippen LogP contribution in [-0.2, 0) is 5.92 Å². The molecule has 3 aromatic heterocycles. The van der Waals surface area contributed by atoms with Crippen molar-refractivity contribution in [3.8, 4) is 11.3 Å². The van der Waals surface area contributed by atoms with Crippen LogP contribution >= 0.6 is 0 Å². The molecule has 4 rings (SSSR count). The minimum Gasteiger partial charge on any atom is -0.289 e. The van der Waals surface area contributed by atoms with Gasteiger partial charge in [-0.2, -0.15) is 23.5 Å². The van der Waals surface area contributed by atoms with E-state index in [1.807, 2.05) is 0 Å². The fourth-order valence-corrected chi connectivity index (χ4v) is 2.66. The van der Waals surface area contributed by atoms with E-state index in [9.17, 15) is 0 Å². The van der Waals surface area contributed by atoms with Crippen molar-refractivity contribution < 1.29 is 8.78 Å². The molecule has 1 aliphatic rings. The standard InChI is InChI=1S/C18H15F2N7/c19-18(20,14-5-2-1-3-9-21-10-4-6-14)17-25-24-16-8-7-15(26-27(16)17)13-11-22-23-12-13/h1,3-9,11-12H,2,10H2,(H,22,23)/b3-1-,6-4?,14-5?,21-9?. The highest BCUT2D eigenvalue weighted by Gasteiger charge is 2.40. The van der Waals surface area contributed by atoms with E-state index in [2.05, 4.69) is 30.5 Å². The summed E-state index contributed by atoms with van der Waals surface area (Å²) in [4.78, 5) is 4.08. The highest BCUT2D eigenvalue weighted by Crippen LogP contribution is 2.36. The Kier molecular flexibility index (Phi) is 4.41. The minimum absolute atomic E-state index is 0.172. The van der Waals surface area contributed by atoms with Gasteiger partial charge in [-0.15, -0.1) is 10.2 Å². The number of allylic oxidation sites excluding steroid dienone is 5. The Labute approximate surface area is 152 Å². The molecule has 136 valence electrons. The van der Waals surface area contributed by atoms with Gasteiger partial charge in [-0.25, -0.2) is 0 Å². The number of fused-ring (bicyclic) bond motifs is 1. The maximum atomic E-state index is 15.3. The fraction of sp³-hybridized carbons (Fsp3) is 0.167. The zero-order valence-corrected chi connectivity index (χ0v) is 14.1. The zero-order chi connectivity index (χ0) is 18.7. The molecule has 7 nitrogen and oxygen atoms in total. The molecule has 0 amide bonds. The van der Waals surface area contributed by atoms with Gasteiger partial charge in [0.1, 0.15) is 0 Å². The van der Waals surface area contributed by atoms with E-state index in [1.165, 1.54) is 12.2 Å². The summed E-state index contributed by atoms with van der Waals surface area (Å²) in [5.74, 6) is -3.91. The highest BCUT2D eigenvalue weighted by atomic mass is 19.3. The van der Waals surface area contributed by atoms with E-state index < -0.39 is 11.7 Å². The molecule has 4 heterocycles. The Morgan fingerprint density at radius 1 is 1.15 bits per heavy atom. The number of hydrogen-bond acceptors (Lipinski definition) is 5. The number of aromatic amines is 1. The molecule has 9 heteroatoms. The summed E-state index contributed by atoms with van der Waals surface area (Å²) in [5.41, 5.74) is 1.24. The summed E-state index contributed by atoms with van der Waals surface area (Å²) in [6, 6.07) is 3.28. The van der Waals surface area contributed by atoms with Crippen LogP contribution in [0, 0.1) is 0 Å². The third-order valence-corrected chi connectivity index (χ3v) is 4.01. The van der Waals surface area contributed by atoms with Crippen LogP contribution in [0.3, 0.4) is 0 Å². The van der Waals surface area contributed by atoms with Gasteiger partial charge in [-0.3, -0.25) is 10.1 Å². The SMILES string of the molecule is FC(F)(C1=CC/C=C\C=NCC=C1)c1nnc2ccc(-c3cn[nH]c3)nn12. The van der Waals surface area contributed by atoms with Crippen molar-refractivity contribution in [1.29, 1.82) is 0 Å². The Morgan fingerprint density at radius 3 is 2.93 bits per heavy atom. The van der Waals surface area contributed by atoms with Crippen LogP contribution in [0.25, 0.3) is 16.9 Å². The van der Waals surface area contributed by atoms with E-state index in [4.69, 9.17) is 0 Å². The zero-order valence-electron chi connectivity index (χ0n) is 14.1. The molecule has 1 N–H and O–H groups in total. The average Bonchev–Trinajstić information content (AvgIpc) is 3.35. The Hall–Kier alpha value is -3.49. The number of nitrogens with one attached hydrogen (secondary N) is 1. The summed E-state index contributed by atoms with van der Waals surface area (Å²) < 4.78 is 31.6. The lowest BCUT2D eigenvalue weighted by Gasteiger charge is -2.16. The van der Waals surface area contributed by atoms with Crippen molar-refractivity contribution in [3.05, 3.63) is 66.3 Å². The third-order valence-electron chi connectivity index (χ3n) is 4.01. The molecule has 3 aromatic rings. The predicted molar refractivity (Wildman–Crippen MR) is 96.6 cm³/mol. The second-order valence-corrected chi connectivity index (χ2v) is 5.81. The largest absolute Gasteiger partial charge is 0.333 e. The first-order chi connectivity index (χ1) is 13.2. The first-order valence-electron chi connectivity index (χ1n) is 8.28. The number of nitrogens with zero attached hydrogens (tertiary/aromatic N) is 6. The molecule has 0 radical (unpaired) electrons. The molecule has 0 spiro atoms. The Bertz CT molecular complexity index is 1060. The van der Waals surface area contributed by atoms with Gasteiger partial charge < -0.3 is 0 Å². The van der Waals surface area contributed by atoms with Crippen molar-refractivity contribution in [1.82, 2.24) is 30.0 Å². The number of alkyl halides is 2. The average molecular weight is 367 g/mol. The molecule has 0 saturated carbocycles. The topological polar surface area (TPSA) is 84.1 Å². The highest BCUT2D eigenvalue weighted by molar-refractivity contribution is 5.71. The maximum Gasteiger partial charge on any atom is 0.333 e. The molecule has 0 unspecified atom stereocenters. The summed E-state index contributed by atoms with van der Waals surface area (Å²) >= 11 is 0. The molecule has 27 heavy (non-hydrogen) atoms. The number of aromatic nitrogens is 6. The summed E-state index contributed by atoms with van der Waals surface area (Å²) in [5, 5.41) is 18.4. The van der Waals surface area contributed by atoms with Crippen LogP contribution in [-0.4, -0.2) is 42.8 Å². The van der Waals surface area contributed by atoms with E-state index in [0.29, 0.717) is 24.2 Å². The van der Waals surface area contributed by atoms with Crippen LogP contribution in [0.4, 0.5) is 8.78 Å². The molecule has 0 atom stereocenters. The van der Waals surface area contributed by atoms with Gasteiger partial charge in [0.25, 0.3) is 0 Å². The smallest absolute Gasteiger partial charge is 0.289 e. The normalized spacial score (nSPS) is 16.4. The van der Waals surface area contributed by atoms with E-state index >= 15 is 8.78 Å². The van der Waals surface area contributed by atoms with Gasteiger partial charge >= 0.3 is 5.92 Å². The first kappa shape index (κ1) is 17.0. The van der Waals surface area contributed by atoms with Crippen molar-refractivity contribution >= 4 is 11.9 Å².